The Bertz CT molecular complexity index is 175. The van der Waals surface area contributed by atoms with Gasteiger partial charge in [0.2, 0.25) is 0 Å². The molecule has 1 unspecified atom stereocenters. The molecule has 0 radical (unpaired) electrons. The molecule has 0 amide bonds. The van der Waals surface area contributed by atoms with Crippen molar-refractivity contribution in [2.75, 3.05) is 32.8 Å². The number of hydrogen-bond acceptors (Lipinski definition) is 3. The number of aliphatic hydroxyl groups excluding tert-OH is 1. The van der Waals surface area contributed by atoms with E-state index in [2.05, 4.69) is 24.1 Å². The van der Waals surface area contributed by atoms with Gasteiger partial charge in [-0.2, -0.15) is 0 Å². The molecule has 1 aliphatic heterocycles. The fraction of sp³-hybridized carbons (Fsp3) is 1.00. The Balaban J connectivity index is 2.49. The van der Waals surface area contributed by atoms with Gasteiger partial charge in [-0.1, -0.05) is 13.8 Å². The van der Waals surface area contributed by atoms with Crippen LogP contribution in [0.25, 0.3) is 0 Å². The molecule has 0 bridgehead atoms. The molecule has 3 heteroatoms. The number of hydrogen-bond donors (Lipinski definition) is 2. The van der Waals surface area contributed by atoms with Crippen molar-refractivity contribution in [3.63, 3.8) is 0 Å². The van der Waals surface area contributed by atoms with Gasteiger partial charge in [0.1, 0.15) is 0 Å². The van der Waals surface area contributed by atoms with E-state index in [0.29, 0.717) is 0 Å². The highest BCUT2D eigenvalue weighted by atomic mass is 16.3. The number of nitrogens with zero attached hydrogens (tertiary/aromatic N) is 1. The molecule has 90 valence electrons. The van der Waals surface area contributed by atoms with Crippen LogP contribution in [0.2, 0.25) is 0 Å². The van der Waals surface area contributed by atoms with Crippen LogP contribution in [0.1, 0.15) is 39.5 Å². The minimum atomic E-state index is -0.0000694. The summed E-state index contributed by atoms with van der Waals surface area (Å²) in [7, 11) is 0. The Morgan fingerprint density at radius 1 is 1.27 bits per heavy atom. The molecule has 1 saturated heterocycles. The summed E-state index contributed by atoms with van der Waals surface area (Å²) in [5, 5.41) is 13.1. The van der Waals surface area contributed by atoms with Crippen LogP contribution < -0.4 is 5.32 Å². The van der Waals surface area contributed by atoms with Crippen LogP contribution >= 0.6 is 0 Å². The smallest absolute Gasteiger partial charge is 0.0613 e. The Hall–Kier alpha value is -0.120. The average Bonchev–Trinajstić information content (AvgIpc) is 2.49. The second-order valence-corrected chi connectivity index (χ2v) is 4.65. The third kappa shape index (κ3) is 3.74. The van der Waals surface area contributed by atoms with Crippen LogP contribution in [0.5, 0.6) is 0 Å². The molecule has 1 atom stereocenters. The maximum atomic E-state index is 9.57. The quantitative estimate of drug-likeness (QED) is 0.722. The van der Waals surface area contributed by atoms with Gasteiger partial charge in [-0.05, 0) is 51.9 Å². The van der Waals surface area contributed by atoms with Crippen molar-refractivity contribution >= 4 is 0 Å². The Kier molecular flexibility index (Phi) is 5.58. The molecule has 0 aromatic heterocycles. The van der Waals surface area contributed by atoms with Crippen molar-refractivity contribution in [2.24, 2.45) is 0 Å². The summed E-state index contributed by atoms with van der Waals surface area (Å²) >= 11 is 0. The molecular formula is C12H26N2O. The highest BCUT2D eigenvalue weighted by molar-refractivity contribution is 4.90. The van der Waals surface area contributed by atoms with E-state index in [0.717, 1.165) is 38.9 Å². The van der Waals surface area contributed by atoms with Gasteiger partial charge in [0.15, 0.2) is 0 Å². The van der Waals surface area contributed by atoms with Crippen molar-refractivity contribution in [1.29, 1.82) is 0 Å². The van der Waals surface area contributed by atoms with E-state index in [-0.39, 0.29) is 12.1 Å². The molecule has 1 aliphatic rings. The van der Waals surface area contributed by atoms with Crippen molar-refractivity contribution in [3.05, 3.63) is 0 Å². The zero-order valence-corrected chi connectivity index (χ0v) is 10.3. The van der Waals surface area contributed by atoms with E-state index in [1.54, 1.807) is 0 Å². The molecule has 3 nitrogen and oxygen atoms in total. The van der Waals surface area contributed by atoms with Gasteiger partial charge in [0, 0.05) is 5.54 Å². The van der Waals surface area contributed by atoms with Crippen molar-refractivity contribution in [3.8, 4) is 0 Å². The predicted molar refractivity (Wildman–Crippen MR) is 64.1 cm³/mol. The molecule has 0 spiro atoms. The van der Waals surface area contributed by atoms with Gasteiger partial charge in [-0.3, -0.25) is 0 Å². The molecule has 0 saturated carbocycles. The highest BCUT2D eigenvalue weighted by Gasteiger charge is 2.30. The average molecular weight is 214 g/mol. The third-order valence-electron chi connectivity index (χ3n) is 3.54. The predicted octanol–water partition coefficient (Wildman–Crippen LogP) is 1.22. The van der Waals surface area contributed by atoms with E-state index in [4.69, 9.17) is 0 Å². The monoisotopic (exact) mass is 214 g/mol. The first kappa shape index (κ1) is 12.9. The lowest BCUT2D eigenvalue weighted by atomic mass is 9.91. The summed E-state index contributed by atoms with van der Waals surface area (Å²) in [6.45, 7) is 9.13. The Morgan fingerprint density at radius 3 is 2.67 bits per heavy atom. The van der Waals surface area contributed by atoms with Crippen LogP contribution in [0.4, 0.5) is 0 Å². The first-order valence-corrected chi connectivity index (χ1v) is 6.34. The van der Waals surface area contributed by atoms with E-state index >= 15 is 0 Å². The lowest BCUT2D eigenvalue weighted by Crippen LogP contribution is -2.49. The second-order valence-electron chi connectivity index (χ2n) is 4.65. The number of nitrogens with one attached hydrogen (secondary N) is 1. The van der Waals surface area contributed by atoms with Crippen LogP contribution in [-0.4, -0.2) is 48.3 Å². The minimum Gasteiger partial charge on any atom is -0.394 e. The molecule has 1 rings (SSSR count). The third-order valence-corrected chi connectivity index (χ3v) is 3.54. The van der Waals surface area contributed by atoms with Crippen molar-refractivity contribution in [1.82, 2.24) is 10.2 Å². The fourth-order valence-corrected chi connectivity index (χ4v) is 2.35. The lowest BCUT2D eigenvalue weighted by Gasteiger charge is -2.32. The highest BCUT2D eigenvalue weighted by Crippen LogP contribution is 2.21. The number of rotatable bonds is 5. The topological polar surface area (TPSA) is 35.5 Å². The zero-order chi connectivity index (χ0) is 11.1. The Morgan fingerprint density at radius 2 is 2.07 bits per heavy atom. The van der Waals surface area contributed by atoms with Crippen LogP contribution in [-0.2, 0) is 0 Å². The number of aliphatic hydroxyl groups is 1. The minimum absolute atomic E-state index is 0.0000694. The second kappa shape index (κ2) is 6.46. The van der Waals surface area contributed by atoms with Gasteiger partial charge in [-0.25, -0.2) is 0 Å². The zero-order valence-electron chi connectivity index (χ0n) is 10.3. The SMILES string of the molecule is CCCNC1(CO)CCCN(CC)CC1. The van der Waals surface area contributed by atoms with Gasteiger partial charge in [0.25, 0.3) is 0 Å². The van der Waals surface area contributed by atoms with E-state index < -0.39 is 0 Å². The van der Waals surface area contributed by atoms with E-state index in [1.807, 2.05) is 0 Å². The summed E-state index contributed by atoms with van der Waals surface area (Å²) in [6, 6.07) is 0. The van der Waals surface area contributed by atoms with Gasteiger partial charge < -0.3 is 15.3 Å². The molecule has 15 heavy (non-hydrogen) atoms. The molecule has 2 N–H and O–H groups in total. The van der Waals surface area contributed by atoms with Crippen LogP contribution in [0.3, 0.4) is 0 Å². The molecule has 1 fully saturated rings. The lowest BCUT2D eigenvalue weighted by molar-refractivity contribution is 0.143. The summed E-state index contributed by atoms with van der Waals surface area (Å²) < 4.78 is 0. The van der Waals surface area contributed by atoms with Gasteiger partial charge >= 0.3 is 0 Å². The first-order valence-electron chi connectivity index (χ1n) is 6.34. The number of likely N-dealkylation sites (tertiary alicyclic amines) is 1. The Labute approximate surface area is 93.9 Å². The maximum absolute atomic E-state index is 9.57. The molecule has 0 aromatic rings. The van der Waals surface area contributed by atoms with Gasteiger partial charge in [0.05, 0.1) is 6.61 Å². The summed E-state index contributed by atoms with van der Waals surface area (Å²) in [6.07, 6.45) is 4.53. The van der Waals surface area contributed by atoms with Crippen molar-refractivity contribution in [2.45, 2.75) is 45.1 Å². The van der Waals surface area contributed by atoms with Crippen molar-refractivity contribution < 1.29 is 5.11 Å². The summed E-state index contributed by atoms with van der Waals surface area (Å²) in [4.78, 5) is 2.48. The maximum Gasteiger partial charge on any atom is 0.0613 e. The summed E-state index contributed by atoms with van der Waals surface area (Å²) in [5.41, 5.74) is -0.0000694. The fourth-order valence-electron chi connectivity index (χ4n) is 2.35. The largest absolute Gasteiger partial charge is 0.394 e. The molecule has 1 heterocycles. The standard InChI is InChI=1S/C12H26N2O/c1-3-8-13-12(11-15)6-5-9-14(4-2)10-7-12/h13,15H,3-11H2,1-2H3. The normalized spacial score (nSPS) is 29.0. The molecule has 0 aliphatic carbocycles. The van der Waals surface area contributed by atoms with Crippen LogP contribution in [0, 0.1) is 0 Å². The van der Waals surface area contributed by atoms with Gasteiger partial charge in [-0.15, -0.1) is 0 Å². The molecule has 0 aromatic carbocycles. The van der Waals surface area contributed by atoms with E-state index in [1.165, 1.54) is 13.0 Å². The molecular weight excluding hydrogens is 188 g/mol. The van der Waals surface area contributed by atoms with Crippen LogP contribution in [0.15, 0.2) is 0 Å². The summed E-state index contributed by atoms with van der Waals surface area (Å²) in [5.74, 6) is 0. The first-order chi connectivity index (χ1) is 7.26. The van der Waals surface area contributed by atoms with E-state index in [9.17, 15) is 5.11 Å².